The Morgan fingerprint density at radius 2 is 2.00 bits per heavy atom. The largest absolute Gasteiger partial charge is 0.506 e. The minimum Gasteiger partial charge on any atom is -0.506 e. The highest BCUT2D eigenvalue weighted by molar-refractivity contribution is 7.99. The number of phenols is 1. The first kappa shape index (κ1) is 20.0. The third-order valence-electron chi connectivity index (χ3n) is 4.00. The predicted octanol–water partition coefficient (Wildman–Crippen LogP) is 3.76. The van der Waals surface area contributed by atoms with E-state index in [1.807, 2.05) is 30.3 Å². The van der Waals surface area contributed by atoms with Gasteiger partial charge in [-0.05, 0) is 24.6 Å². The molecule has 3 aromatic rings. The van der Waals surface area contributed by atoms with Gasteiger partial charge >= 0.3 is 0 Å². The number of aromatic amines is 1. The number of benzene rings is 2. The number of anilines is 1. The van der Waals surface area contributed by atoms with Crippen molar-refractivity contribution in [2.24, 2.45) is 0 Å². The molecule has 0 aliphatic rings. The number of aromatic nitrogens is 2. The van der Waals surface area contributed by atoms with E-state index >= 15 is 0 Å². The maximum atomic E-state index is 12.4. The molecule has 1 aromatic heterocycles. The summed E-state index contributed by atoms with van der Waals surface area (Å²) in [6.07, 6.45) is 0.496. The fourth-order valence-corrected chi connectivity index (χ4v) is 3.46. The van der Waals surface area contributed by atoms with Crippen molar-refractivity contribution in [1.29, 1.82) is 0 Å². The summed E-state index contributed by atoms with van der Waals surface area (Å²) in [7, 11) is 0. The second-order valence-electron chi connectivity index (χ2n) is 6.10. The predicted molar refractivity (Wildman–Crippen MR) is 111 cm³/mol. The van der Waals surface area contributed by atoms with Gasteiger partial charge in [0, 0.05) is 28.8 Å². The third kappa shape index (κ3) is 5.15. The maximum absolute atomic E-state index is 12.4. The molecule has 0 aliphatic heterocycles. The third-order valence-corrected chi connectivity index (χ3v) is 5.11. The number of carbonyl (C=O) groups excluding carboxylic acids is 1. The number of aromatic hydroxyl groups is 1. The van der Waals surface area contributed by atoms with Gasteiger partial charge in [-0.15, -0.1) is 0 Å². The quantitative estimate of drug-likeness (QED) is 0.323. The van der Waals surface area contributed by atoms with Crippen molar-refractivity contribution in [3.63, 3.8) is 0 Å². The van der Waals surface area contributed by atoms with Crippen LogP contribution in [0.25, 0.3) is 0 Å². The van der Waals surface area contributed by atoms with E-state index in [0.29, 0.717) is 27.9 Å². The van der Waals surface area contributed by atoms with Gasteiger partial charge in [0.25, 0.3) is 5.56 Å². The Bertz CT molecular complexity index is 1050. The van der Waals surface area contributed by atoms with Gasteiger partial charge in [-0.2, -0.15) is 0 Å². The number of halogens is 1. The van der Waals surface area contributed by atoms with Crippen LogP contribution in [0, 0.1) is 6.92 Å². The van der Waals surface area contributed by atoms with Gasteiger partial charge in [0.05, 0.1) is 11.4 Å². The van der Waals surface area contributed by atoms with Gasteiger partial charge in [-0.25, -0.2) is 4.98 Å². The molecule has 0 fully saturated rings. The summed E-state index contributed by atoms with van der Waals surface area (Å²) in [5.74, 6) is -0.419. The van der Waals surface area contributed by atoms with E-state index in [4.69, 9.17) is 11.6 Å². The number of nitrogens with zero attached hydrogens (tertiary/aromatic N) is 1. The van der Waals surface area contributed by atoms with Crippen LogP contribution in [0.2, 0.25) is 5.02 Å². The zero-order chi connectivity index (χ0) is 20.1. The van der Waals surface area contributed by atoms with E-state index in [2.05, 4.69) is 15.3 Å². The van der Waals surface area contributed by atoms with E-state index < -0.39 is 0 Å². The Kier molecular flexibility index (Phi) is 6.38. The van der Waals surface area contributed by atoms with E-state index in [1.54, 1.807) is 13.0 Å². The molecular formula is C20H18ClN3O3S. The highest BCUT2D eigenvalue weighted by atomic mass is 35.5. The molecular weight excluding hydrogens is 398 g/mol. The van der Waals surface area contributed by atoms with Crippen molar-refractivity contribution >= 4 is 35.0 Å². The first-order valence-corrected chi connectivity index (χ1v) is 9.83. The zero-order valence-corrected chi connectivity index (χ0v) is 16.6. The van der Waals surface area contributed by atoms with Crippen LogP contribution in [0.4, 0.5) is 5.69 Å². The molecule has 3 rings (SSSR count). The second-order valence-corrected chi connectivity index (χ2v) is 7.50. The Morgan fingerprint density at radius 1 is 1.25 bits per heavy atom. The van der Waals surface area contributed by atoms with Gasteiger partial charge < -0.3 is 15.4 Å². The standard InChI is InChI=1S/C20H18ClN3O3S/c1-12-15(9-13-5-3-2-4-6-13)19(27)24-20(22-12)28-11-18(26)23-16-8-7-14(21)10-17(16)25/h2-8,10,25H,9,11H2,1H3,(H,23,26)(H,22,24,27). The SMILES string of the molecule is Cc1nc(SCC(=O)Nc2ccc(Cl)cc2O)[nH]c(=O)c1Cc1ccccc1. The average molecular weight is 416 g/mol. The summed E-state index contributed by atoms with van der Waals surface area (Å²) in [6.45, 7) is 1.78. The smallest absolute Gasteiger partial charge is 0.255 e. The fraction of sp³-hybridized carbons (Fsp3) is 0.150. The van der Waals surface area contributed by atoms with E-state index in [-0.39, 0.29) is 28.7 Å². The molecule has 0 spiro atoms. The Labute approximate surface area is 171 Å². The Hall–Kier alpha value is -2.77. The van der Waals surface area contributed by atoms with E-state index in [1.165, 1.54) is 12.1 Å². The van der Waals surface area contributed by atoms with Gasteiger partial charge in [0.1, 0.15) is 5.75 Å². The lowest BCUT2D eigenvalue weighted by atomic mass is 10.1. The number of hydrogen-bond donors (Lipinski definition) is 3. The van der Waals surface area contributed by atoms with Crippen molar-refractivity contribution in [3.8, 4) is 5.75 Å². The van der Waals surface area contributed by atoms with Crippen LogP contribution in [0.1, 0.15) is 16.8 Å². The summed E-state index contributed by atoms with van der Waals surface area (Å²) in [5.41, 5.74) is 2.32. The molecule has 144 valence electrons. The van der Waals surface area contributed by atoms with E-state index in [0.717, 1.165) is 17.3 Å². The van der Waals surface area contributed by atoms with Crippen molar-refractivity contribution in [3.05, 3.63) is 80.7 Å². The van der Waals surface area contributed by atoms with Gasteiger partial charge in [0.2, 0.25) is 5.91 Å². The molecule has 2 aromatic carbocycles. The highest BCUT2D eigenvalue weighted by Gasteiger charge is 2.12. The van der Waals surface area contributed by atoms with Crippen molar-refractivity contribution in [2.75, 3.05) is 11.1 Å². The number of nitrogens with one attached hydrogen (secondary N) is 2. The number of carbonyl (C=O) groups is 1. The number of amides is 1. The lowest BCUT2D eigenvalue weighted by Gasteiger charge is -2.09. The summed E-state index contributed by atoms with van der Waals surface area (Å²) in [5, 5.41) is 13.1. The molecule has 0 atom stereocenters. The first-order valence-electron chi connectivity index (χ1n) is 8.47. The summed E-state index contributed by atoms with van der Waals surface area (Å²) in [6, 6.07) is 14.1. The number of phenolic OH excluding ortho intramolecular Hbond substituents is 1. The molecule has 1 amide bonds. The molecule has 8 heteroatoms. The molecule has 0 saturated heterocycles. The normalized spacial score (nSPS) is 10.6. The van der Waals surface area contributed by atoms with Gasteiger partial charge in [0.15, 0.2) is 5.16 Å². The van der Waals surface area contributed by atoms with Crippen LogP contribution < -0.4 is 10.9 Å². The molecule has 1 heterocycles. The maximum Gasteiger partial charge on any atom is 0.255 e. The molecule has 0 radical (unpaired) electrons. The van der Waals surface area contributed by atoms with Crippen molar-refractivity contribution in [1.82, 2.24) is 9.97 Å². The molecule has 0 unspecified atom stereocenters. The second kappa shape index (κ2) is 8.95. The number of H-pyrrole nitrogens is 1. The fourth-order valence-electron chi connectivity index (χ4n) is 2.59. The Balaban J connectivity index is 1.64. The number of rotatable bonds is 6. The summed E-state index contributed by atoms with van der Waals surface area (Å²) >= 11 is 6.88. The molecule has 28 heavy (non-hydrogen) atoms. The van der Waals surface area contributed by atoms with Crippen LogP contribution in [-0.2, 0) is 11.2 Å². The summed E-state index contributed by atoms with van der Waals surface area (Å²) < 4.78 is 0. The first-order chi connectivity index (χ1) is 13.4. The minimum atomic E-state index is -0.337. The monoisotopic (exact) mass is 415 g/mol. The van der Waals surface area contributed by atoms with Gasteiger partial charge in [-0.3, -0.25) is 9.59 Å². The van der Waals surface area contributed by atoms with Crippen LogP contribution in [-0.4, -0.2) is 26.7 Å². The lowest BCUT2D eigenvalue weighted by Crippen LogP contribution is -2.19. The lowest BCUT2D eigenvalue weighted by molar-refractivity contribution is -0.113. The minimum absolute atomic E-state index is 0.0302. The molecule has 3 N–H and O–H groups in total. The van der Waals surface area contributed by atoms with Crippen molar-refractivity contribution in [2.45, 2.75) is 18.5 Å². The topological polar surface area (TPSA) is 95.1 Å². The van der Waals surface area contributed by atoms with Crippen LogP contribution in [0.15, 0.2) is 58.5 Å². The van der Waals surface area contributed by atoms with Crippen molar-refractivity contribution < 1.29 is 9.90 Å². The molecule has 0 aliphatic carbocycles. The van der Waals surface area contributed by atoms with Crippen LogP contribution in [0.5, 0.6) is 5.75 Å². The average Bonchev–Trinajstić information content (AvgIpc) is 2.66. The zero-order valence-electron chi connectivity index (χ0n) is 15.0. The number of hydrogen-bond acceptors (Lipinski definition) is 5. The van der Waals surface area contributed by atoms with Crippen LogP contribution >= 0.6 is 23.4 Å². The number of aryl methyl sites for hydroxylation is 1. The Morgan fingerprint density at radius 3 is 2.68 bits per heavy atom. The van der Waals surface area contributed by atoms with Gasteiger partial charge in [-0.1, -0.05) is 53.7 Å². The molecule has 6 nitrogen and oxygen atoms in total. The van der Waals surface area contributed by atoms with Crippen LogP contribution in [0.3, 0.4) is 0 Å². The molecule has 0 saturated carbocycles. The highest BCUT2D eigenvalue weighted by Crippen LogP contribution is 2.26. The summed E-state index contributed by atoms with van der Waals surface area (Å²) in [4.78, 5) is 31.7. The van der Waals surface area contributed by atoms with E-state index in [9.17, 15) is 14.7 Å². The number of thioether (sulfide) groups is 1. The molecule has 0 bridgehead atoms.